The van der Waals surface area contributed by atoms with E-state index in [-0.39, 0.29) is 13.2 Å². The van der Waals surface area contributed by atoms with Crippen molar-refractivity contribution in [2.75, 3.05) is 6.61 Å². The monoisotopic (exact) mass is 334 g/mol. The highest BCUT2D eigenvalue weighted by atomic mass is 16.5. The molecule has 1 aromatic heterocycles. The summed E-state index contributed by atoms with van der Waals surface area (Å²) in [7, 11) is 0. The summed E-state index contributed by atoms with van der Waals surface area (Å²) in [5, 5.41) is 0. The molecule has 0 saturated carbocycles. The SMILES string of the molecule is CCOC(=O)Cn1c(-c2ccccc2)cc(-c2ccccc2)nc1=O. The second-order valence-corrected chi connectivity index (χ2v) is 5.43. The molecule has 0 bridgehead atoms. The zero-order chi connectivity index (χ0) is 17.6. The number of aromatic nitrogens is 2. The lowest BCUT2D eigenvalue weighted by molar-refractivity contribution is -0.143. The quantitative estimate of drug-likeness (QED) is 0.673. The number of ether oxygens (including phenoxy) is 1. The Morgan fingerprint density at radius 3 is 2.20 bits per heavy atom. The van der Waals surface area contributed by atoms with E-state index < -0.39 is 11.7 Å². The van der Waals surface area contributed by atoms with E-state index in [1.807, 2.05) is 66.7 Å². The van der Waals surface area contributed by atoms with E-state index in [4.69, 9.17) is 4.74 Å². The topological polar surface area (TPSA) is 61.2 Å². The molecule has 0 unspecified atom stereocenters. The lowest BCUT2D eigenvalue weighted by atomic mass is 10.1. The molecule has 0 radical (unpaired) electrons. The Balaban J connectivity index is 2.14. The molecule has 5 nitrogen and oxygen atoms in total. The second kappa shape index (κ2) is 7.57. The summed E-state index contributed by atoms with van der Waals surface area (Å²) in [6.07, 6.45) is 0. The third-order valence-electron chi connectivity index (χ3n) is 3.74. The molecule has 0 amide bonds. The van der Waals surface area contributed by atoms with Crippen LogP contribution < -0.4 is 5.69 Å². The molecule has 25 heavy (non-hydrogen) atoms. The van der Waals surface area contributed by atoms with Crippen LogP contribution in [0.2, 0.25) is 0 Å². The van der Waals surface area contributed by atoms with Crippen molar-refractivity contribution in [2.24, 2.45) is 0 Å². The van der Waals surface area contributed by atoms with Gasteiger partial charge >= 0.3 is 11.7 Å². The van der Waals surface area contributed by atoms with Crippen molar-refractivity contribution in [3.8, 4) is 22.5 Å². The van der Waals surface area contributed by atoms with Gasteiger partial charge in [0.05, 0.1) is 18.0 Å². The minimum Gasteiger partial charge on any atom is -0.465 e. The van der Waals surface area contributed by atoms with Crippen molar-refractivity contribution in [3.63, 3.8) is 0 Å². The summed E-state index contributed by atoms with van der Waals surface area (Å²) in [5.74, 6) is -0.462. The van der Waals surface area contributed by atoms with Crippen molar-refractivity contribution >= 4 is 5.97 Å². The van der Waals surface area contributed by atoms with Crippen LogP contribution >= 0.6 is 0 Å². The lowest BCUT2D eigenvalue weighted by Gasteiger charge is -2.13. The first-order valence-electron chi connectivity index (χ1n) is 8.07. The fourth-order valence-corrected chi connectivity index (χ4v) is 2.60. The van der Waals surface area contributed by atoms with Crippen LogP contribution in [0, 0.1) is 0 Å². The van der Waals surface area contributed by atoms with Crippen LogP contribution in [0.15, 0.2) is 71.5 Å². The van der Waals surface area contributed by atoms with E-state index in [1.54, 1.807) is 6.92 Å². The standard InChI is InChI=1S/C20H18N2O3/c1-2-25-19(23)14-22-18(16-11-7-4-8-12-16)13-17(21-20(22)24)15-9-5-3-6-10-15/h3-13H,2,14H2,1H3. The van der Waals surface area contributed by atoms with E-state index in [9.17, 15) is 9.59 Å². The average Bonchev–Trinajstić information content (AvgIpc) is 2.65. The molecule has 0 aliphatic carbocycles. The van der Waals surface area contributed by atoms with Gasteiger partial charge in [-0.05, 0) is 18.6 Å². The summed E-state index contributed by atoms with van der Waals surface area (Å²) >= 11 is 0. The molecule has 0 N–H and O–H groups in total. The second-order valence-electron chi connectivity index (χ2n) is 5.43. The van der Waals surface area contributed by atoms with Crippen molar-refractivity contribution in [3.05, 3.63) is 77.2 Å². The van der Waals surface area contributed by atoms with Crippen LogP contribution in [-0.4, -0.2) is 22.1 Å². The molecule has 0 fully saturated rings. The lowest BCUT2D eigenvalue weighted by Crippen LogP contribution is -2.29. The van der Waals surface area contributed by atoms with Gasteiger partial charge in [0.25, 0.3) is 0 Å². The Kier molecular flexibility index (Phi) is 5.04. The van der Waals surface area contributed by atoms with Gasteiger partial charge in [-0.2, -0.15) is 4.98 Å². The molecule has 0 spiro atoms. The smallest absolute Gasteiger partial charge is 0.349 e. The van der Waals surface area contributed by atoms with Crippen molar-refractivity contribution in [1.82, 2.24) is 9.55 Å². The fraction of sp³-hybridized carbons (Fsp3) is 0.150. The molecule has 2 aromatic carbocycles. The van der Waals surface area contributed by atoms with E-state index in [2.05, 4.69) is 4.98 Å². The maximum atomic E-state index is 12.6. The number of hydrogen-bond donors (Lipinski definition) is 0. The molecule has 1 heterocycles. The number of benzene rings is 2. The van der Waals surface area contributed by atoms with Crippen LogP contribution in [-0.2, 0) is 16.1 Å². The van der Waals surface area contributed by atoms with Gasteiger partial charge in [0.15, 0.2) is 0 Å². The Bertz CT molecular complexity index is 919. The van der Waals surface area contributed by atoms with E-state index in [0.717, 1.165) is 11.1 Å². The van der Waals surface area contributed by atoms with Gasteiger partial charge in [0.1, 0.15) is 6.54 Å². The first-order valence-corrected chi connectivity index (χ1v) is 8.07. The maximum absolute atomic E-state index is 12.6. The zero-order valence-corrected chi connectivity index (χ0v) is 13.9. The number of rotatable bonds is 5. The number of carbonyl (C=O) groups is 1. The van der Waals surface area contributed by atoms with Crippen LogP contribution in [0.5, 0.6) is 0 Å². The van der Waals surface area contributed by atoms with Gasteiger partial charge in [-0.3, -0.25) is 9.36 Å². The summed E-state index contributed by atoms with van der Waals surface area (Å²) in [6, 6.07) is 20.8. The molecule has 0 atom stereocenters. The predicted molar refractivity (Wildman–Crippen MR) is 96.0 cm³/mol. The summed E-state index contributed by atoms with van der Waals surface area (Å²) < 4.78 is 6.33. The predicted octanol–water partition coefficient (Wildman–Crippen LogP) is 3.14. The normalized spacial score (nSPS) is 10.4. The van der Waals surface area contributed by atoms with Gasteiger partial charge < -0.3 is 4.74 Å². The summed E-state index contributed by atoms with van der Waals surface area (Å²) in [6.45, 7) is 1.83. The van der Waals surface area contributed by atoms with Crippen molar-refractivity contribution in [1.29, 1.82) is 0 Å². The van der Waals surface area contributed by atoms with Crippen molar-refractivity contribution < 1.29 is 9.53 Å². The summed E-state index contributed by atoms with van der Waals surface area (Å²) in [4.78, 5) is 28.6. The van der Waals surface area contributed by atoms with Crippen molar-refractivity contribution in [2.45, 2.75) is 13.5 Å². The number of hydrogen-bond acceptors (Lipinski definition) is 4. The van der Waals surface area contributed by atoms with E-state index in [0.29, 0.717) is 11.4 Å². The highest BCUT2D eigenvalue weighted by Crippen LogP contribution is 2.23. The Morgan fingerprint density at radius 1 is 1.00 bits per heavy atom. The van der Waals surface area contributed by atoms with Gasteiger partial charge in [0, 0.05) is 5.56 Å². The fourth-order valence-electron chi connectivity index (χ4n) is 2.60. The molecule has 3 aromatic rings. The molecular weight excluding hydrogens is 316 g/mol. The Morgan fingerprint density at radius 2 is 1.60 bits per heavy atom. The zero-order valence-electron chi connectivity index (χ0n) is 13.9. The Hall–Kier alpha value is -3.21. The third kappa shape index (κ3) is 3.83. The van der Waals surface area contributed by atoms with E-state index in [1.165, 1.54) is 4.57 Å². The number of esters is 1. The van der Waals surface area contributed by atoms with Crippen LogP contribution in [0.4, 0.5) is 0 Å². The molecule has 126 valence electrons. The van der Waals surface area contributed by atoms with Gasteiger partial charge in [-0.15, -0.1) is 0 Å². The molecule has 0 aliphatic rings. The first-order chi connectivity index (χ1) is 12.2. The van der Waals surface area contributed by atoms with Gasteiger partial charge in [0.2, 0.25) is 0 Å². The minimum absolute atomic E-state index is 0.168. The highest BCUT2D eigenvalue weighted by molar-refractivity contribution is 5.72. The molecule has 5 heteroatoms. The van der Waals surface area contributed by atoms with Gasteiger partial charge in [-0.25, -0.2) is 4.79 Å². The number of nitrogens with zero attached hydrogens (tertiary/aromatic N) is 2. The largest absolute Gasteiger partial charge is 0.465 e. The molecular formula is C20H18N2O3. The molecule has 3 rings (SSSR count). The number of carbonyl (C=O) groups excluding carboxylic acids is 1. The summed E-state index contributed by atoms with van der Waals surface area (Å²) in [5.41, 5.74) is 2.41. The molecule has 0 saturated heterocycles. The minimum atomic E-state index is -0.478. The van der Waals surface area contributed by atoms with Gasteiger partial charge in [-0.1, -0.05) is 60.7 Å². The Labute approximate surface area is 145 Å². The molecule has 0 aliphatic heterocycles. The van der Waals surface area contributed by atoms with Crippen LogP contribution in [0.1, 0.15) is 6.92 Å². The van der Waals surface area contributed by atoms with E-state index >= 15 is 0 Å². The first kappa shape index (κ1) is 16.6. The average molecular weight is 334 g/mol. The third-order valence-corrected chi connectivity index (χ3v) is 3.74. The van der Waals surface area contributed by atoms with Crippen LogP contribution in [0.3, 0.4) is 0 Å². The maximum Gasteiger partial charge on any atom is 0.349 e. The van der Waals surface area contributed by atoms with Crippen LogP contribution in [0.25, 0.3) is 22.5 Å². The highest BCUT2D eigenvalue weighted by Gasteiger charge is 2.14.